The molecule has 2 heterocycles. The molecule has 2 bridgehead atoms. The van der Waals surface area contributed by atoms with Crippen molar-refractivity contribution in [2.24, 2.45) is 0 Å². The van der Waals surface area contributed by atoms with Crippen molar-refractivity contribution in [1.29, 1.82) is 0 Å². The lowest BCUT2D eigenvalue weighted by Gasteiger charge is -2.33. The van der Waals surface area contributed by atoms with E-state index >= 15 is 0 Å². The molecule has 0 radical (unpaired) electrons. The van der Waals surface area contributed by atoms with Crippen molar-refractivity contribution in [2.45, 2.75) is 31.7 Å². The fourth-order valence-corrected chi connectivity index (χ4v) is 1.60. The Morgan fingerprint density at radius 3 is 2.75 bits per heavy atom. The Morgan fingerprint density at radius 2 is 2.50 bits per heavy atom. The molecule has 44 valence electrons. The number of nitrogens with zero attached hydrogens (tertiary/aromatic N) is 1. The van der Waals surface area contributed by atoms with Crippen molar-refractivity contribution in [3.05, 3.63) is 5.84 Å². The lowest BCUT2D eigenvalue weighted by atomic mass is 9.87. The Hall–Kier alpha value is -0.530. The largest absolute Gasteiger partial charge is 0.454 e. The lowest BCUT2D eigenvalue weighted by Crippen LogP contribution is -2.43. The summed E-state index contributed by atoms with van der Waals surface area (Å²) in [7, 11) is 0. The lowest BCUT2D eigenvalue weighted by molar-refractivity contribution is -0.537. The van der Waals surface area contributed by atoms with Crippen molar-refractivity contribution < 1.29 is 4.68 Å². The first-order valence-corrected chi connectivity index (χ1v) is 3.23. The summed E-state index contributed by atoms with van der Waals surface area (Å²) in [6.45, 7) is 0. The molecule has 1 unspecified atom stereocenters. The molecule has 0 amide bonds. The zero-order chi connectivity index (χ0) is 5.56. The molecule has 1 fully saturated rings. The number of fused-ring (bicyclic) bond motifs is 2. The monoisotopic (exact) mass is 110 g/mol. The maximum absolute atomic E-state index is 7.32. The third-order valence-electron chi connectivity index (χ3n) is 2.18. The molecular weight excluding hydrogens is 100 g/mol. The highest BCUT2D eigenvalue weighted by Crippen LogP contribution is 2.27. The molecule has 1 N–H and O–H groups in total. The molecule has 2 aliphatic heterocycles. The molecule has 1 atom stereocenters. The van der Waals surface area contributed by atoms with Crippen LogP contribution in [0.5, 0.6) is 0 Å². The molecule has 8 heavy (non-hydrogen) atoms. The van der Waals surface area contributed by atoms with Crippen LogP contribution in [0.3, 0.4) is 0 Å². The van der Waals surface area contributed by atoms with Crippen LogP contribution in [0.2, 0.25) is 0 Å². The second-order valence-corrected chi connectivity index (χ2v) is 2.69. The Morgan fingerprint density at radius 1 is 1.62 bits per heavy atom. The van der Waals surface area contributed by atoms with Crippen LogP contribution in [-0.4, -0.2) is 16.4 Å². The molecule has 0 aromatic rings. The van der Waals surface area contributed by atoms with Gasteiger partial charge < -0.3 is 5.84 Å². The van der Waals surface area contributed by atoms with Crippen molar-refractivity contribution in [2.75, 3.05) is 0 Å². The minimum absolute atomic E-state index is 0.610. The van der Waals surface area contributed by atoms with Gasteiger partial charge in [-0.15, -0.1) is 0 Å². The predicted molar refractivity (Wildman–Crippen MR) is 31.8 cm³/mol. The van der Waals surface area contributed by atoms with Crippen LogP contribution in [0.25, 0.3) is 5.84 Å². The zero-order valence-corrected chi connectivity index (χ0v) is 4.85. The van der Waals surface area contributed by atoms with Gasteiger partial charge in [0.15, 0.2) is 11.8 Å². The summed E-state index contributed by atoms with van der Waals surface area (Å²) >= 11 is 0. The summed E-state index contributed by atoms with van der Waals surface area (Å²) in [5.41, 5.74) is 1.36. The minimum Gasteiger partial charge on any atom is -0.454 e. The van der Waals surface area contributed by atoms with Crippen LogP contribution < -0.4 is 0 Å². The van der Waals surface area contributed by atoms with E-state index in [9.17, 15) is 0 Å². The maximum atomic E-state index is 7.32. The minimum atomic E-state index is 0.610. The van der Waals surface area contributed by atoms with E-state index in [1.54, 1.807) is 4.68 Å². The van der Waals surface area contributed by atoms with Crippen molar-refractivity contribution in [3.63, 3.8) is 0 Å². The van der Waals surface area contributed by atoms with Gasteiger partial charge in [-0.05, 0) is 6.42 Å². The molecule has 0 aromatic carbocycles. The third kappa shape index (κ3) is 0.358. The Kier molecular flexibility index (Phi) is 0.678. The van der Waals surface area contributed by atoms with Gasteiger partial charge in [-0.2, -0.15) is 0 Å². The smallest absolute Gasteiger partial charge is 0.156 e. The Bertz CT molecular complexity index is 149. The molecule has 2 heteroatoms. The first-order valence-electron chi connectivity index (χ1n) is 3.23. The van der Waals surface area contributed by atoms with Gasteiger partial charge in [0.2, 0.25) is 0 Å². The molecule has 3 aliphatic rings. The van der Waals surface area contributed by atoms with E-state index in [1.165, 1.54) is 31.4 Å². The van der Waals surface area contributed by atoms with Gasteiger partial charge in [0, 0.05) is 12.8 Å². The SMILES string of the molecule is [NH-][N+]1=C2CCCC1C2. The van der Waals surface area contributed by atoms with Crippen LogP contribution in [0.1, 0.15) is 25.7 Å². The van der Waals surface area contributed by atoms with Crippen LogP contribution in [0, 0.1) is 0 Å². The van der Waals surface area contributed by atoms with E-state index in [0.29, 0.717) is 6.04 Å². The number of hydrogen-bond acceptors (Lipinski definition) is 0. The van der Waals surface area contributed by atoms with Crippen LogP contribution >= 0.6 is 0 Å². The van der Waals surface area contributed by atoms with Gasteiger partial charge in [-0.25, -0.2) is 0 Å². The normalized spacial score (nSPS) is 34.8. The first-order chi connectivity index (χ1) is 3.88. The summed E-state index contributed by atoms with van der Waals surface area (Å²) in [5, 5.41) is 0. The van der Waals surface area contributed by atoms with E-state index in [2.05, 4.69) is 0 Å². The first kappa shape index (κ1) is 4.36. The standard InChI is InChI=1S/C6H10N2/c7-8-5-2-1-3-6(8)4-5/h5,7H,1-4H2. The number of hydrogen-bond donors (Lipinski definition) is 0. The molecular formula is C6H10N2. The van der Waals surface area contributed by atoms with E-state index in [0.717, 1.165) is 0 Å². The Balaban J connectivity index is 2.28. The second-order valence-electron chi connectivity index (χ2n) is 2.69. The Labute approximate surface area is 49.0 Å². The summed E-state index contributed by atoms with van der Waals surface area (Å²) in [6.07, 6.45) is 5.01. The average Bonchev–Trinajstić information content (AvgIpc) is 1.89. The third-order valence-corrected chi connectivity index (χ3v) is 2.18. The van der Waals surface area contributed by atoms with E-state index < -0.39 is 0 Å². The molecule has 0 saturated heterocycles. The van der Waals surface area contributed by atoms with Gasteiger partial charge in [0.1, 0.15) is 0 Å². The maximum Gasteiger partial charge on any atom is 0.156 e. The number of rotatable bonds is 0. The fourth-order valence-electron chi connectivity index (χ4n) is 1.60. The number of nitrogens with one attached hydrogen (secondary N) is 1. The van der Waals surface area contributed by atoms with Gasteiger partial charge in [-0.3, -0.25) is 4.68 Å². The van der Waals surface area contributed by atoms with Gasteiger partial charge in [0.25, 0.3) is 0 Å². The molecule has 1 saturated carbocycles. The van der Waals surface area contributed by atoms with Gasteiger partial charge in [0.05, 0.1) is 6.42 Å². The van der Waals surface area contributed by atoms with E-state index in [4.69, 9.17) is 5.84 Å². The van der Waals surface area contributed by atoms with Crippen molar-refractivity contribution in [3.8, 4) is 0 Å². The molecule has 1 aliphatic carbocycles. The summed E-state index contributed by atoms with van der Waals surface area (Å²) < 4.78 is 1.70. The molecule has 3 rings (SSSR count). The molecule has 0 aromatic heterocycles. The van der Waals surface area contributed by atoms with E-state index in [-0.39, 0.29) is 0 Å². The fraction of sp³-hybridized carbons (Fsp3) is 0.833. The topological polar surface area (TPSA) is 26.8 Å². The summed E-state index contributed by atoms with van der Waals surface area (Å²) in [6, 6.07) is 0.610. The van der Waals surface area contributed by atoms with Gasteiger partial charge >= 0.3 is 0 Å². The van der Waals surface area contributed by atoms with Crippen LogP contribution in [0.15, 0.2) is 0 Å². The van der Waals surface area contributed by atoms with Crippen LogP contribution in [0.4, 0.5) is 0 Å². The summed E-state index contributed by atoms with van der Waals surface area (Å²) in [5.74, 6) is 7.32. The van der Waals surface area contributed by atoms with E-state index in [1.807, 2.05) is 0 Å². The predicted octanol–water partition coefficient (Wildman–Crippen LogP) is 1.36. The van der Waals surface area contributed by atoms with Gasteiger partial charge in [-0.1, -0.05) is 0 Å². The molecule has 2 nitrogen and oxygen atoms in total. The van der Waals surface area contributed by atoms with Crippen molar-refractivity contribution in [1.82, 2.24) is 0 Å². The van der Waals surface area contributed by atoms with Crippen LogP contribution in [-0.2, 0) is 0 Å². The quantitative estimate of drug-likeness (QED) is 0.421. The van der Waals surface area contributed by atoms with Crippen molar-refractivity contribution >= 4 is 5.71 Å². The summed E-state index contributed by atoms with van der Waals surface area (Å²) in [4.78, 5) is 0. The average molecular weight is 110 g/mol. The zero-order valence-electron chi connectivity index (χ0n) is 4.85. The highest BCUT2D eigenvalue weighted by molar-refractivity contribution is 5.84. The molecule has 0 spiro atoms. The second kappa shape index (κ2) is 1.24. The highest BCUT2D eigenvalue weighted by atomic mass is 15.4. The highest BCUT2D eigenvalue weighted by Gasteiger charge is 2.36.